The number of nitrogens with one attached hydrogen (secondary N) is 1. The van der Waals surface area contributed by atoms with E-state index in [0.29, 0.717) is 17.7 Å². The molecule has 120 valence electrons. The standard InChI is InChI=1S/C16H20N6O/c1-12(23)22-7-3-13(4-8-22)9-14-10-15(20-11-19-14)21-16-17-5-2-6-18-16/h2,5-6,10-11,13H,3-4,7-9H2,1H3,(H,17,18,19,20,21). The molecule has 0 saturated carbocycles. The molecule has 0 aromatic carbocycles. The van der Waals surface area contributed by atoms with Crippen molar-refractivity contribution in [3.05, 3.63) is 36.5 Å². The van der Waals surface area contributed by atoms with Crippen molar-refractivity contribution in [3.63, 3.8) is 0 Å². The molecule has 1 aliphatic heterocycles. The summed E-state index contributed by atoms with van der Waals surface area (Å²) in [5, 5.41) is 3.08. The van der Waals surface area contributed by atoms with Gasteiger partial charge in [0, 0.05) is 44.2 Å². The maximum atomic E-state index is 11.4. The van der Waals surface area contributed by atoms with Crippen LogP contribution in [0.1, 0.15) is 25.5 Å². The van der Waals surface area contributed by atoms with Gasteiger partial charge in [-0.25, -0.2) is 19.9 Å². The van der Waals surface area contributed by atoms with Gasteiger partial charge < -0.3 is 10.2 Å². The van der Waals surface area contributed by atoms with Crippen molar-refractivity contribution >= 4 is 17.7 Å². The van der Waals surface area contributed by atoms with Gasteiger partial charge >= 0.3 is 0 Å². The molecule has 3 heterocycles. The summed E-state index contributed by atoms with van der Waals surface area (Å²) in [7, 11) is 0. The zero-order valence-corrected chi connectivity index (χ0v) is 13.1. The van der Waals surface area contributed by atoms with Crippen molar-refractivity contribution in [1.29, 1.82) is 0 Å². The van der Waals surface area contributed by atoms with E-state index in [9.17, 15) is 4.79 Å². The molecule has 1 fully saturated rings. The van der Waals surface area contributed by atoms with E-state index >= 15 is 0 Å². The average molecular weight is 312 g/mol. The number of piperidine rings is 1. The first-order valence-corrected chi connectivity index (χ1v) is 7.81. The molecule has 1 amide bonds. The molecule has 23 heavy (non-hydrogen) atoms. The first-order valence-electron chi connectivity index (χ1n) is 7.81. The van der Waals surface area contributed by atoms with Crippen LogP contribution in [0, 0.1) is 5.92 Å². The predicted molar refractivity (Wildman–Crippen MR) is 86.0 cm³/mol. The molecule has 7 heteroatoms. The summed E-state index contributed by atoms with van der Waals surface area (Å²) in [5.74, 6) is 1.94. The summed E-state index contributed by atoms with van der Waals surface area (Å²) >= 11 is 0. The molecular formula is C16H20N6O. The van der Waals surface area contributed by atoms with Gasteiger partial charge in [-0.2, -0.15) is 0 Å². The second-order valence-corrected chi connectivity index (χ2v) is 5.75. The molecule has 3 rings (SSSR count). The van der Waals surface area contributed by atoms with Crippen LogP contribution in [0.2, 0.25) is 0 Å². The third kappa shape index (κ3) is 4.21. The summed E-state index contributed by atoms with van der Waals surface area (Å²) in [6, 6.07) is 3.71. The van der Waals surface area contributed by atoms with Gasteiger partial charge in [0.15, 0.2) is 0 Å². The van der Waals surface area contributed by atoms with E-state index < -0.39 is 0 Å². The number of carbonyl (C=O) groups is 1. The number of amides is 1. The Morgan fingerprint density at radius 2 is 1.96 bits per heavy atom. The highest BCUT2D eigenvalue weighted by Gasteiger charge is 2.21. The average Bonchev–Trinajstić information content (AvgIpc) is 2.57. The lowest BCUT2D eigenvalue weighted by atomic mass is 9.92. The number of rotatable bonds is 4. The van der Waals surface area contributed by atoms with E-state index in [4.69, 9.17) is 0 Å². The second-order valence-electron chi connectivity index (χ2n) is 5.75. The summed E-state index contributed by atoms with van der Waals surface area (Å²) in [4.78, 5) is 30.1. The smallest absolute Gasteiger partial charge is 0.228 e. The molecule has 0 bridgehead atoms. The predicted octanol–water partition coefficient (Wildman–Crippen LogP) is 1.81. The third-order valence-corrected chi connectivity index (χ3v) is 4.09. The van der Waals surface area contributed by atoms with Gasteiger partial charge in [-0.3, -0.25) is 4.79 Å². The number of nitrogens with zero attached hydrogens (tertiary/aromatic N) is 5. The summed E-state index contributed by atoms with van der Waals surface area (Å²) in [6.07, 6.45) is 7.87. The van der Waals surface area contributed by atoms with Crippen molar-refractivity contribution in [2.75, 3.05) is 18.4 Å². The van der Waals surface area contributed by atoms with Crippen molar-refractivity contribution < 1.29 is 4.79 Å². The number of hydrogen-bond acceptors (Lipinski definition) is 6. The summed E-state index contributed by atoms with van der Waals surface area (Å²) in [6.45, 7) is 3.32. The highest BCUT2D eigenvalue weighted by Crippen LogP contribution is 2.22. The van der Waals surface area contributed by atoms with Crippen LogP contribution in [0.3, 0.4) is 0 Å². The molecule has 2 aromatic heterocycles. The van der Waals surface area contributed by atoms with Crippen LogP contribution in [-0.2, 0) is 11.2 Å². The van der Waals surface area contributed by atoms with Crippen LogP contribution in [-0.4, -0.2) is 43.8 Å². The molecule has 1 saturated heterocycles. The molecular weight excluding hydrogens is 292 g/mol. The Morgan fingerprint density at radius 3 is 2.65 bits per heavy atom. The SMILES string of the molecule is CC(=O)N1CCC(Cc2cc(Nc3ncccn3)ncn2)CC1. The quantitative estimate of drug-likeness (QED) is 0.927. The molecule has 0 atom stereocenters. The molecule has 2 aromatic rings. The largest absolute Gasteiger partial charge is 0.343 e. The van der Waals surface area contributed by atoms with Crippen LogP contribution >= 0.6 is 0 Å². The molecule has 0 aliphatic carbocycles. The molecule has 7 nitrogen and oxygen atoms in total. The highest BCUT2D eigenvalue weighted by molar-refractivity contribution is 5.73. The fourth-order valence-corrected chi connectivity index (χ4v) is 2.80. The molecule has 1 N–H and O–H groups in total. The Kier molecular flexibility index (Phi) is 4.75. The van der Waals surface area contributed by atoms with E-state index in [1.54, 1.807) is 31.7 Å². The van der Waals surface area contributed by atoms with Gasteiger partial charge in [-0.15, -0.1) is 0 Å². The maximum absolute atomic E-state index is 11.4. The van der Waals surface area contributed by atoms with E-state index in [2.05, 4.69) is 25.3 Å². The van der Waals surface area contributed by atoms with Crippen molar-refractivity contribution in [2.45, 2.75) is 26.2 Å². The lowest BCUT2D eigenvalue weighted by Gasteiger charge is -2.31. The summed E-state index contributed by atoms with van der Waals surface area (Å²) < 4.78 is 0. The molecule has 0 unspecified atom stereocenters. The summed E-state index contributed by atoms with van der Waals surface area (Å²) in [5.41, 5.74) is 1.000. The normalized spacial score (nSPS) is 15.4. The minimum atomic E-state index is 0.167. The van der Waals surface area contributed by atoms with Crippen molar-refractivity contribution in [3.8, 4) is 0 Å². The van der Waals surface area contributed by atoms with Crippen molar-refractivity contribution in [1.82, 2.24) is 24.8 Å². The Labute approximate surface area is 135 Å². The Morgan fingerprint density at radius 1 is 1.22 bits per heavy atom. The lowest BCUT2D eigenvalue weighted by Crippen LogP contribution is -2.37. The first-order chi connectivity index (χ1) is 11.2. The maximum Gasteiger partial charge on any atom is 0.228 e. The highest BCUT2D eigenvalue weighted by atomic mass is 16.2. The van der Waals surface area contributed by atoms with Gasteiger partial charge in [-0.1, -0.05) is 0 Å². The molecule has 0 radical (unpaired) electrons. The van der Waals surface area contributed by atoms with Gasteiger partial charge in [-0.05, 0) is 31.2 Å². The van der Waals surface area contributed by atoms with Gasteiger partial charge in [0.05, 0.1) is 0 Å². The Hall–Kier alpha value is -2.57. The minimum Gasteiger partial charge on any atom is -0.343 e. The molecule has 0 spiro atoms. The Bertz CT molecular complexity index is 655. The minimum absolute atomic E-state index is 0.167. The van der Waals surface area contributed by atoms with Crippen LogP contribution in [0.25, 0.3) is 0 Å². The topological polar surface area (TPSA) is 83.9 Å². The number of hydrogen-bond donors (Lipinski definition) is 1. The number of anilines is 2. The van der Waals surface area contributed by atoms with Crippen LogP contribution in [0.4, 0.5) is 11.8 Å². The van der Waals surface area contributed by atoms with Crippen LogP contribution < -0.4 is 5.32 Å². The second kappa shape index (κ2) is 7.13. The zero-order valence-electron chi connectivity index (χ0n) is 13.1. The lowest BCUT2D eigenvalue weighted by molar-refractivity contribution is -0.130. The third-order valence-electron chi connectivity index (χ3n) is 4.09. The van der Waals surface area contributed by atoms with E-state index in [-0.39, 0.29) is 5.91 Å². The van der Waals surface area contributed by atoms with Crippen LogP contribution in [0.5, 0.6) is 0 Å². The number of aromatic nitrogens is 4. The van der Waals surface area contributed by atoms with Gasteiger partial charge in [0.1, 0.15) is 12.1 Å². The number of likely N-dealkylation sites (tertiary alicyclic amines) is 1. The first kappa shape index (κ1) is 15.3. The fraction of sp³-hybridized carbons (Fsp3) is 0.438. The van der Waals surface area contributed by atoms with Gasteiger partial charge in [0.2, 0.25) is 11.9 Å². The number of carbonyl (C=O) groups excluding carboxylic acids is 1. The Balaban J connectivity index is 1.59. The zero-order chi connectivity index (χ0) is 16.1. The molecule has 1 aliphatic rings. The monoisotopic (exact) mass is 312 g/mol. The van der Waals surface area contributed by atoms with E-state index in [1.807, 2.05) is 11.0 Å². The van der Waals surface area contributed by atoms with E-state index in [1.165, 1.54) is 0 Å². The van der Waals surface area contributed by atoms with Crippen molar-refractivity contribution in [2.24, 2.45) is 5.92 Å². The van der Waals surface area contributed by atoms with Gasteiger partial charge in [0.25, 0.3) is 0 Å². The fourth-order valence-electron chi connectivity index (χ4n) is 2.80. The van der Waals surface area contributed by atoms with E-state index in [0.717, 1.165) is 38.0 Å². The van der Waals surface area contributed by atoms with Crippen LogP contribution in [0.15, 0.2) is 30.9 Å².